The normalized spacial score (nSPS) is 16.7. The monoisotopic (exact) mass is 168 g/mol. The van der Waals surface area contributed by atoms with Crippen molar-refractivity contribution in [3.8, 4) is 0 Å². The summed E-state index contributed by atoms with van der Waals surface area (Å²) in [5.74, 6) is -0.831. The Morgan fingerprint density at radius 2 is 2.33 bits per heavy atom. The molecule has 1 heterocycles. The highest BCUT2D eigenvalue weighted by Gasteiger charge is 2.32. The molecule has 0 spiro atoms. The lowest BCUT2D eigenvalue weighted by molar-refractivity contribution is -0.147. The summed E-state index contributed by atoms with van der Waals surface area (Å²) in [7, 11) is 0. The summed E-state index contributed by atoms with van der Waals surface area (Å²) in [6.07, 6.45) is 4.97. The Hall–Kier alpha value is -1.32. The highest BCUT2D eigenvalue weighted by molar-refractivity contribution is 5.78. The van der Waals surface area contributed by atoms with E-state index in [9.17, 15) is 4.79 Å². The molecule has 0 fully saturated rings. The Labute approximate surface area is 71.2 Å². The van der Waals surface area contributed by atoms with Crippen LogP contribution in [0.3, 0.4) is 0 Å². The van der Waals surface area contributed by atoms with E-state index < -0.39 is 11.5 Å². The second kappa shape index (κ2) is 2.97. The molecule has 0 aromatic heterocycles. The van der Waals surface area contributed by atoms with Crippen LogP contribution in [0.15, 0.2) is 17.4 Å². The Morgan fingerprint density at radius 3 is 2.75 bits per heavy atom. The Kier molecular flexibility index (Phi) is 2.17. The van der Waals surface area contributed by atoms with Crippen LogP contribution in [0.5, 0.6) is 0 Å². The van der Waals surface area contributed by atoms with E-state index in [0.717, 1.165) is 0 Å². The molecule has 0 unspecified atom stereocenters. The summed E-state index contributed by atoms with van der Waals surface area (Å²) in [4.78, 5) is 16.4. The van der Waals surface area contributed by atoms with Crippen molar-refractivity contribution in [2.45, 2.75) is 19.4 Å². The molecule has 66 valence electrons. The lowest BCUT2D eigenvalue weighted by Crippen LogP contribution is -2.48. The fourth-order valence-electron chi connectivity index (χ4n) is 0.913. The number of aliphatic imine (C=N–C) groups is 1. The third kappa shape index (κ3) is 1.47. The van der Waals surface area contributed by atoms with Gasteiger partial charge in [0.15, 0.2) is 0 Å². The van der Waals surface area contributed by atoms with Gasteiger partial charge in [0.05, 0.1) is 6.54 Å². The summed E-state index contributed by atoms with van der Waals surface area (Å²) in [5.41, 5.74) is -0.858. The summed E-state index contributed by atoms with van der Waals surface area (Å²) in [6.45, 7) is 3.88. The number of hydrogen-bond acceptors (Lipinski definition) is 3. The molecule has 0 saturated carbocycles. The number of carboxylic acid groups (broad SMARTS) is 1. The first-order valence-electron chi connectivity index (χ1n) is 3.73. The van der Waals surface area contributed by atoms with Gasteiger partial charge in [-0.25, -0.2) is 4.79 Å². The van der Waals surface area contributed by atoms with Gasteiger partial charge in [0, 0.05) is 18.6 Å². The summed E-state index contributed by atoms with van der Waals surface area (Å²) in [5, 5.41) is 8.87. The molecule has 0 atom stereocenters. The number of aliphatic carboxylic acids is 1. The highest BCUT2D eigenvalue weighted by atomic mass is 16.4. The van der Waals surface area contributed by atoms with Crippen LogP contribution >= 0.6 is 0 Å². The van der Waals surface area contributed by atoms with Crippen LogP contribution in [0.2, 0.25) is 0 Å². The van der Waals surface area contributed by atoms with E-state index in [1.165, 1.54) is 0 Å². The van der Waals surface area contributed by atoms with E-state index in [-0.39, 0.29) is 0 Å². The smallest absolute Gasteiger partial charge is 0.328 e. The molecule has 1 N–H and O–H groups in total. The average Bonchev–Trinajstić information content (AvgIpc) is 2.06. The second-order valence-corrected chi connectivity index (χ2v) is 3.15. The van der Waals surface area contributed by atoms with E-state index in [4.69, 9.17) is 5.11 Å². The molecule has 1 rings (SSSR count). The van der Waals surface area contributed by atoms with Gasteiger partial charge in [-0.1, -0.05) is 0 Å². The van der Waals surface area contributed by atoms with Crippen molar-refractivity contribution < 1.29 is 9.90 Å². The van der Waals surface area contributed by atoms with Crippen molar-refractivity contribution in [3.63, 3.8) is 0 Å². The van der Waals surface area contributed by atoms with Crippen molar-refractivity contribution >= 4 is 12.2 Å². The van der Waals surface area contributed by atoms with Gasteiger partial charge >= 0.3 is 5.97 Å². The second-order valence-electron chi connectivity index (χ2n) is 3.15. The van der Waals surface area contributed by atoms with E-state index in [0.29, 0.717) is 6.54 Å². The molecule has 0 aliphatic carbocycles. The molecule has 4 nitrogen and oxygen atoms in total. The van der Waals surface area contributed by atoms with Gasteiger partial charge in [-0.15, -0.1) is 0 Å². The van der Waals surface area contributed by atoms with Crippen LogP contribution < -0.4 is 0 Å². The molecule has 0 bridgehead atoms. The number of carbonyl (C=O) groups is 1. The lowest BCUT2D eigenvalue weighted by atomic mass is 10.0. The zero-order valence-corrected chi connectivity index (χ0v) is 7.19. The van der Waals surface area contributed by atoms with Crippen LogP contribution in [0.4, 0.5) is 0 Å². The van der Waals surface area contributed by atoms with Crippen molar-refractivity contribution in [1.82, 2.24) is 4.90 Å². The molecule has 0 amide bonds. The fraction of sp³-hybridized carbons (Fsp3) is 0.500. The summed E-state index contributed by atoms with van der Waals surface area (Å²) < 4.78 is 0. The van der Waals surface area contributed by atoms with E-state index in [1.807, 2.05) is 0 Å². The Balaban J connectivity index is 2.75. The van der Waals surface area contributed by atoms with E-state index in [2.05, 4.69) is 4.99 Å². The van der Waals surface area contributed by atoms with Crippen LogP contribution in [0.25, 0.3) is 0 Å². The zero-order chi connectivity index (χ0) is 9.19. The van der Waals surface area contributed by atoms with Gasteiger partial charge in [-0.3, -0.25) is 4.99 Å². The number of carboxylic acids is 1. The van der Waals surface area contributed by atoms with Gasteiger partial charge in [-0.2, -0.15) is 0 Å². The maximum atomic E-state index is 10.8. The maximum Gasteiger partial charge on any atom is 0.328 e. The van der Waals surface area contributed by atoms with Crippen LogP contribution in [0, 0.1) is 0 Å². The minimum Gasteiger partial charge on any atom is -0.480 e. The van der Waals surface area contributed by atoms with Crippen molar-refractivity contribution in [2.24, 2.45) is 4.99 Å². The van der Waals surface area contributed by atoms with Crippen molar-refractivity contribution in [1.29, 1.82) is 0 Å². The predicted octanol–water partition coefficient (Wildman–Crippen LogP) is 0.707. The third-order valence-corrected chi connectivity index (χ3v) is 1.96. The maximum absolute atomic E-state index is 10.8. The first kappa shape index (κ1) is 8.77. The van der Waals surface area contributed by atoms with Gasteiger partial charge in [0.25, 0.3) is 0 Å². The zero-order valence-electron chi connectivity index (χ0n) is 7.19. The molecule has 4 heteroatoms. The predicted molar refractivity (Wildman–Crippen MR) is 46.1 cm³/mol. The van der Waals surface area contributed by atoms with Gasteiger partial charge in [0.1, 0.15) is 5.54 Å². The molecule has 0 aromatic rings. The van der Waals surface area contributed by atoms with Gasteiger partial charge in [-0.05, 0) is 13.8 Å². The first-order chi connectivity index (χ1) is 5.55. The summed E-state index contributed by atoms with van der Waals surface area (Å²) in [6, 6.07) is 0. The average molecular weight is 168 g/mol. The van der Waals surface area contributed by atoms with E-state index in [1.54, 1.807) is 37.4 Å². The topological polar surface area (TPSA) is 52.9 Å². The third-order valence-electron chi connectivity index (χ3n) is 1.96. The van der Waals surface area contributed by atoms with Crippen molar-refractivity contribution in [3.05, 3.63) is 12.4 Å². The van der Waals surface area contributed by atoms with Gasteiger partial charge in [0.2, 0.25) is 0 Å². The number of hydrogen-bond donors (Lipinski definition) is 1. The molecule has 1 aliphatic heterocycles. The first-order valence-corrected chi connectivity index (χ1v) is 3.73. The van der Waals surface area contributed by atoms with Crippen molar-refractivity contribution in [2.75, 3.05) is 6.54 Å². The molecule has 0 aromatic carbocycles. The number of rotatable bonds is 2. The fourth-order valence-corrected chi connectivity index (χ4v) is 0.913. The van der Waals surface area contributed by atoms with E-state index >= 15 is 0 Å². The summed E-state index contributed by atoms with van der Waals surface area (Å²) >= 11 is 0. The molecule has 12 heavy (non-hydrogen) atoms. The standard InChI is InChI=1S/C8H12N2O2/c1-8(2,7(11)12)10-5-3-9-4-6-10/h3-5H,6H2,1-2H3,(H,11,12). The minimum absolute atomic E-state index is 0.551. The quantitative estimate of drug-likeness (QED) is 0.660. The lowest BCUT2D eigenvalue weighted by Gasteiger charge is -2.33. The molecular formula is C8H12N2O2. The molecule has 1 aliphatic rings. The highest BCUT2D eigenvalue weighted by Crippen LogP contribution is 2.15. The molecule has 0 radical (unpaired) electrons. The van der Waals surface area contributed by atoms with Crippen LogP contribution in [-0.2, 0) is 4.79 Å². The molecular weight excluding hydrogens is 156 g/mol. The SMILES string of the molecule is CC(C)(C(=O)O)N1C=CN=CC1. The largest absolute Gasteiger partial charge is 0.480 e. The molecule has 0 saturated heterocycles. The Bertz CT molecular complexity index is 243. The van der Waals surface area contributed by atoms with Gasteiger partial charge < -0.3 is 10.0 Å². The number of nitrogens with zero attached hydrogens (tertiary/aromatic N) is 2. The minimum atomic E-state index is -0.858. The van der Waals surface area contributed by atoms with Crippen LogP contribution in [-0.4, -0.2) is 34.3 Å². The Morgan fingerprint density at radius 1 is 1.67 bits per heavy atom. The van der Waals surface area contributed by atoms with Crippen LogP contribution in [0.1, 0.15) is 13.8 Å².